The average Bonchev–Trinajstić information content (AvgIpc) is 3.17. The van der Waals surface area contributed by atoms with Gasteiger partial charge in [0.05, 0.1) is 5.52 Å². The van der Waals surface area contributed by atoms with E-state index in [1.807, 2.05) is 89.6 Å². The van der Waals surface area contributed by atoms with E-state index in [1.54, 1.807) is 4.57 Å². The second kappa shape index (κ2) is 7.91. The Balaban J connectivity index is 1.42. The molecule has 5 aromatic rings. The topological polar surface area (TPSA) is 35.6 Å². The van der Waals surface area contributed by atoms with Gasteiger partial charge in [-0.1, -0.05) is 60.7 Å². The van der Waals surface area contributed by atoms with Gasteiger partial charge in [-0.2, -0.15) is 0 Å². The molecule has 0 atom stereocenters. The van der Waals surface area contributed by atoms with Gasteiger partial charge in [-0.3, -0.25) is 4.79 Å². The highest BCUT2D eigenvalue weighted by molar-refractivity contribution is 5.87. The molecule has 0 aliphatic rings. The van der Waals surface area contributed by atoms with Crippen LogP contribution in [0, 0.1) is 0 Å². The van der Waals surface area contributed by atoms with Crippen LogP contribution in [0.4, 0.5) is 0 Å². The Kier molecular flexibility index (Phi) is 4.81. The van der Waals surface area contributed by atoms with Crippen LogP contribution in [-0.4, -0.2) is 8.97 Å². The summed E-state index contributed by atoms with van der Waals surface area (Å²) in [5.41, 5.74) is 4.03. The number of benzene rings is 3. The van der Waals surface area contributed by atoms with Crippen LogP contribution in [0.1, 0.15) is 11.1 Å². The molecule has 2 aromatic heterocycles. The molecule has 30 heavy (non-hydrogen) atoms. The van der Waals surface area contributed by atoms with Crippen LogP contribution in [0.3, 0.4) is 0 Å². The predicted molar refractivity (Wildman–Crippen MR) is 120 cm³/mol. The summed E-state index contributed by atoms with van der Waals surface area (Å²) in [5, 5.41) is 1.03. The van der Waals surface area contributed by atoms with Gasteiger partial charge >= 0.3 is 0 Å². The maximum Gasteiger partial charge on any atom is 0.274 e. The van der Waals surface area contributed by atoms with Crippen LogP contribution in [0.2, 0.25) is 0 Å². The summed E-state index contributed by atoms with van der Waals surface area (Å²) < 4.78 is 9.70. The molecule has 148 valence electrons. The maximum absolute atomic E-state index is 13.0. The lowest BCUT2D eigenvalue weighted by atomic mass is 10.1. The van der Waals surface area contributed by atoms with Gasteiger partial charge < -0.3 is 13.7 Å². The fourth-order valence-electron chi connectivity index (χ4n) is 3.79. The van der Waals surface area contributed by atoms with Crippen molar-refractivity contribution >= 4 is 16.4 Å². The smallest absolute Gasteiger partial charge is 0.274 e. The van der Waals surface area contributed by atoms with Crippen molar-refractivity contribution in [3.05, 3.63) is 119 Å². The molecule has 4 nitrogen and oxygen atoms in total. The number of hydrogen-bond donors (Lipinski definition) is 0. The first-order valence-electron chi connectivity index (χ1n) is 10.1. The van der Waals surface area contributed by atoms with Crippen molar-refractivity contribution in [3.63, 3.8) is 0 Å². The molecule has 5 rings (SSSR count). The molecule has 0 fully saturated rings. The van der Waals surface area contributed by atoms with Gasteiger partial charge in [0.15, 0.2) is 0 Å². The molecule has 0 spiro atoms. The minimum atomic E-state index is 0.0244. The largest absolute Gasteiger partial charge is 0.489 e. The molecule has 0 aliphatic carbocycles. The van der Waals surface area contributed by atoms with E-state index in [1.165, 1.54) is 5.56 Å². The van der Waals surface area contributed by atoms with Crippen molar-refractivity contribution in [2.75, 3.05) is 0 Å². The van der Waals surface area contributed by atoms with Crippen molar-refractivity contribution in [3.8, 4) is 5.75 Å². The number of fused-ring (bicyclic) bond motifs is 3. The zero-order valence-corrected chi connectivity index (χ0v) is 16.6. The Morgan fingerprint density at radius 1 is 0.733 bits per heavy atom. The van der Waals surface area contributed by atoms with E-state index in [0.717, 1.165) is 28.6 Å². The van der Waals surface area contributed by atoms with Crippen molar-refractivity contribution < 1.29 is 4.74 Å². The number of aryl methyl sites for hydroxylation is 2. The summed E-state index contributed by atoms with van der Waals surface area (Å²) in [6.45, 7) is 1.17. The van der Waals surface area contributed by atoms with Crippen molar-refractivity contribution in [2.45, 2.75) is 19.6 Å². The lowest BCUT2D eigenvalue weighted by Gasteiger charge is -2.08. The first kappa shape index (κ1) is 18.3. The summed E-state index contributed by atoms with van der Waals surface area (Å²) in [7, 11) is 0. The summed E-state index contributed by atoms with van der Waals surface area (Å²) in [6.07, 6.45) is 4.66. The Morgan fingerprint density at radius 3 is 2.23 bits per heavy atom. The van der Waals surface area contributed by atoms with Crippen LogP contribution < -0.4 is 10.3 Å². The SMILES string of the molecule is O=c1c2cc3ccc(OCc4ccccc4)cc3n2ccn1CCc1ccccc1. The van der Waals surface area contributed by atoms with Crippen LogP contribution in [0.5, 0.6) is 5.75 Å². The van der Waals surface area contributed by atoms with E-state index in [9.17, 15) is 4.79 Å². The Hall–Kier alpha value is -3.79. The predicted octanol–water partition coefficient (Wildman–Crippen LogP) is 5.08. The average molecular weight is 394 g/mol. The molecule has 0 unspecified atom stereocenters. The molecule has 3 aromatic carbocycles. The van der Waals surface area contributed by atoms with Gasteiger partial charge in [0, 0.05) is 30.4 Å². The zero-order chi connectivity index (χ0) is 20.3. The minimum absolute atomic E-state index is 0.0244. The van der Waals surface area contributed by atoms with E-state index in [-0.39, 0.29) is 5.56 Å². The molecular formula is C26H22N2O2. The maximum atomic E-state index is 13.0. The number of aromatic nitrogens is 2. The van der Waals surface area contributed by atoms with Crippen LogP contribution in [0.15, 0.2) is 102 Å². The number of ether oxygens (including phenoxy) is 1. The summed E-state index contributed by atoms with van der Waals surface area (Å²) >= 11 is 0. The van der Waals surface area contributed by atoms with E-state index in [2.05, 4.69) is 12.1 Å². The first-order chi connectivity index (χ1) is 14.8. The Labute approximate surface area is 174 Å². The van der Waals surface area contributed by atoms with Gasteiger partial charge in [0.25, 0.3) is 5.56 Å². The number of nitrogens with zero attached hydrogens (tertiary/aromatic N) is 2. The molecule has 0 saturated carbocycles. The van der Waals surface area contributed by atoms with Gasteiger partial charge in [-0.05, 0) is 35.7 Å². The quantitative estimate of drug-likeness (QED) is 0.403. The molecule has 2 heterocycles. The fraction of sp³-hybridized carbons (Fsp3) is 0.115. The highest BCUT2D eigenvalue weighted by Gasteiger charge is 2.09. The highest BCUT2D eigenvalue weighted by Crippen LogP contribution is 2.24. The Bertz CT molecular complexity index is 1350. The van der Waals surface area contributed by atoms with Crippen molar-refractivity contribution in [2.24, 2.45) is 0 Å². The normalized spacial score (nSPS) is 11.2. The monoisotopic (exact) mass is 394 g/mol. The third-order valence-corrected chi connectivity index (χ3v) is 5.42. The second-order valence-electron chi connectivity index (χ2n) is 7.43. The zero-order valence-electron chi connectivity index (χ0n) is 16.6. The van der Waals surface area contributed by atoms with Gasteiger partial charge in [0.2, 0.25) is 0 Å². The second-order valence-corrected chi connectivity index (χ2v) is 7.43. The Morgan fingerprint density at radius 2 is 1.47 bits per heavy atom. The lowest BCUT2D eigenvalue weighted by molar-refractivity contribution is 0.306. The highest BCUT2D eigenvalue weighted by atomic mass is 16.5. The van der Waals surface area contributed by atoms with Crippen molar-refractivity contribution in [1.29, 1.82) is 0 Å². The van der Waals surface area contributed by atoms with Crippen molar-refractivity contribution in [1.82, 2.24) is 8.97 Å². The number of hydrogen-bond acceptors (Lipinski definition) is 2. The molecule has 0 bridgehead atoms. The molecule has 4 heteroatoms. The lowest BCUT2D eigenvalue weighted by Crippen LogP contribution is -2.21. The standard InChI is InChI=1S/C26H22N2O2/c29-26-25-17-22-11-12-23(30-19-21-9-5-2-6-10-21)18-24(22)28(25)16-15-27(26)14-13-20-7-3-1-4-8-20/h1-12,15-18H,13-14,19H2. The van der Waals surface area contributed by atoms with Gasteiger partial charge in [-0.25, -0.2) is 0 Å². The molecular weight excluding hydrogens is 372 g/mol. The van der Waals surface area contributed by atoms with E-state index in [4.69, 9.17) is 4.74 Å². The molecule has 0 saturated heterocycles. The fourth-order valence-corrected chi connectivity index (χ4v) is 3.79. The molecule has 0 amide bonds. The van der Waals surface area contributed by atoms with Crippen LogP contribution in [0.25, 0.3) is 16.4 Å². The van der Waals surface area contributed by atoms with E-state index in [0.29, 0.717) is 18.7 Å². The number of rotatable bonds is 6. The van der Waals surface area contributed by atoms with Crippen LogP contribution >= 0.6 is 0 Å². The third-order valence-electron chi connectivity index (χ3n) is 5.42. The molecule has 0 N–H and O–H groups in total. The summed E-state index contributed by atoms with van der Waals surface area (Å²) in [5.74, 6) is 0.791. The van der Waals surface area contributed by atoms with E-state index >= 15 is 0 Å². The summed E-state index contributed by atoms with van der Waals surface area (Å²) in [4.78, 5) is 13.0. The van der Waals surface area contributed by atoms with Crippen LogP contribution in [-0.2, 0) is 19.6 Å². The van der Waals surface area contributed by atoms with E-state index < -0.39 is 0 Å². The minimum Gasteiger partial charge on any atom is -0.489 e. The first-order valence-corrected chi connectivity index (χ1v) is 10.1. The third kappa shape index (κ3) is 3.60. The summed E-state index contributed by atoms with van der Waals surface area (Å²) in [6, 6.07) is 28.3. The molecule has 0 radical (unpaired) electrons. The van der Waals surface area contributed by atoms with Gasteiger partial charge in [0.1, 0.15) is 17.9 Å². The molecule has 0 aliphatic heterocycles. The van der Waals surface area contributed by atoms with Gasteiger partial charge in [-0.15, -0.1) is 0 Å².